The second kappa shape index (κ2) is 6.48. The van der Waals surface area contributed by atoms with E-state index in [1.165, 1.54) is 12.1 Å². The molecule has 0 radical (unpaired) electrons. The molecule has 3 aromatic rings. The number of amides is 1. The molecule has 1 fully saturated rings. The minimum atomic E-state index is -2.68. The highest BCUT2D eigenvalue weighted by Gasteiger charge is 2.28. The lowest BCUT2D eigenvalue weighted by molar-refractivity contribution is 0.102. The van der Waals surface area contributed by atoms with Crippen LogP contribution in [0.25, 0.3) is 5.65 Å². The number of hydrogen-bond acceptors (Lipinski definition) is 3. The quantitative estimate of drug-likeness (QED) is 0.739. The van der Waals surface area contributed by atoms with Crippen LogP contribution in [-0.4, -0.2) is 20.5 Å². The van der Waals surface area contributed by atoms with Crippen LogP contribution in [0.5, 0.6) is 0 Å². The van der Waals surface area contributed by atoms with Crippen molar-refractivity contribution < 1.29 is 13.6 Å². The smallest absolute Gasteiger partial charge is 0.280 e. The zero-order valence-corrected chi connectivity index (χ0v) is 14.2. The molecule has 0 unspecified atom stereocenters. The third-order valence-electron chi connectivity index (χ3n) is 4.55. The Morgan fingerprint density at radius 3 is 2.62 bits per heavy atom. The van der Waals surface area contributed by atoms with Crippen molar-refractivity contribution in [2.45, 2.75) is 38.5 Å². The van der Waals surface area contributed by atoms with Gasteiger partial charge in [0, 0.05) is 23.4 Å². The molecule has 7 heteroatoms. The lowest BCUT2D eigenvalue weighted by Gasteiger charge is -2.06. The SMILES string of the molecule is CCc1ccc(NC(=O)c2cc3nc(C4CC4)cc(C(F)F)n3n2)cc1. The van der Waals surface area contributed by atoms with E-state index in [1.54, 1.807) is 12.1 Å². The van der Waals surface area contributed by atoms with Crippen molar-refractivity contribution in [3.63, 3.8) is 0 Å². The van der Waals surface area contributed by atoms with Crippen LogP contribution in [0.3, 0.4) is 0 Å². The number of fused-ring (bicyclic) bond motifs is 1. The van der Waals surface area contributed by atoms with Crippen molar-refractivity contribution >= 4 is 17.2 Å². The number of nitrogens with zero attached hydrogens (tertiary/aromatic N) is 3. The Kier molecular flexibility index (Phi) is 4.14. The third-order valence-corrected chi connectivity index (χ3v) is 4.55. The van der Waals surface area contributed by atoms with Crippen molar-refractivity contribution in [3.8, 4) is 0 Å². The molecule has 0 spiro atoms. The molecule has 1 aliphatic rings. The van der Waals surface area contributed by atoms with Gasteiger partial charge >= 0.3 is 0 Å². The summed E-state index contributed by atoms with van der Waals surface area (Å²) in [6.07, 6.45) is 0.143. The number of rotatable bonds is 5. The van der Waals surface area contributed by atoms with Gasteiger partial charge in [-0.1, -0.05) is 19.1 Å². The molecule has 0 bridgehead atoms. The number of halogens is 2. The third kappa shape index (κ3) is 3.16. The number of carbonyl (C=O) groups excluding carboxylic acids is 1. The van der Waals surface area contributed by atoms with Gasteiger partial charge < -0.3 is 5.32 Å². The highest BCUT2D eigenvalue weighted by Crippen LogP contribution is 2.40. The zero-order chi connectivity index (χ0) is 18.3. The van der Waals surface area contributed by atoms with E-state index in [9.17, 15) is 13.6 Å². The molecule has 0 atom stereocenters. The Bertz CT molecular complexity index is 962. The van der Waals surface area contributed by atoms with Crippen molar-refractivity contribution in [1.29, 1.82) is 0 Å². The van der Waals surface area contributed by atoms with Crippen molar-refractivity contribution in [2.75, 3.05) is 5.32 Å². The normalized spacial score (nSPS) is 14.2. The first-order valence-electron chi connectivity index (χ1n) is 8.64. The number of carbonyl (C=O) groups is 1. The minimum absolute atomic E-state index is 0.0620. The Labute approximate surface area is 149 Å². The van der Waals surface area contributed by atoms with Crippen LogP contribution in [-0.2, 0) is 6.42 Å². The first-order chi connectivity index (χ1) is 12.5. The van der Waals surface area contributed by atoms with Crippen LogP contribution in [0.15, 0.2) is 36.4 Å². The fraction of sp³-hybridized carbons (Fsp3) is 0.316. The van der Waals surface area contributed by atoms with Crippen LogP contribution in [0.4, 0.5) is 14.5 Å². The molecule has 1 amide bonds. The number of anilines is 1. The fourth-order valence-electron chi connectivity index (χ4n) is 2.89. The van der Waals surface area contributed by atoms with E-state index in [1.807, 2.05) is 19.1 Å². The van der Waals surface area contributed by atoms with Gasteiger partial charge in [0.2, 0.25) is 0 Å². The molecule has 0 saturated heterocycles. The molecule has 26 heavy (non-hydrogen) atoms. The van der Waals surface area contributed by atoms with Gasteiger partial charge in [0.15, 0.2) is 11.3 Å². The molecule has 1 N–H and O–H groups in total. The molecule has 5 nitrogen and oxygen atoms in total. The molecule has 1 saturated carbocycles. The summed E-state index contributed by atoms with van der Waals surface area (Å²) in [5.41, 5.74) is 2.54. The van der Waals surface area contributed by atoms with Crippen molar-refractivity contribution in [3.05, 3.63) is 59.0 Å². The van der Waals surface area contributed by atoms with Gasteiger partial charge in [-0.05, 0) is 43.0 Å². The highest BCUT2D eigenvalue weighted by atomic mass is 19.3. The lowest BCUT2D eigenvalue weighted by Crippen LogP contribution is -2.13. The molecular formula is C19H18F2N4O. The first-order valence-corrected chi connectivity index (χ1v) is 8.64. The van der Waals surface area contributed by atoms with Gasteiger partial charge in [0.05, 0.1) is 0 Å². The fourth-order valence-corrected chi connectivity index (χ4v) is 2.89. The van der Waals surface area contributed by atoms with E-state index < -0.39 is 12.3 Å². The topological polar surface area (TPSA) is 59.3 Å². The van der Waals surface area contributed by atoms with Crippen LogP contribution in [0.2, 0.25) is 0 Å². The number of aryl methyl sites for hydroxylation is 1. The summed E-state index contributed by atoms with van der Waals surface area (Å²) in [5, 5.41) is 6.79. The summed E-state index contributed by atoms with van der Waals surface area (Å²) in [7, 11) is 0. The molecule has 134 valence electrons. The average Bonchev–Trinajstić information content (AvgIpc) is 3.40. The number of hydrogen-bond donors (Lipinski definition) is 1. The number of nitrogens with one attached hydrogen (secondary N) is 1. The van der Waals surface area contributed by atoms with Crippen LogP contribution >= 0.6 is 0 Å². The molecular weight excluding hydrogens is 338 g/mol. The Balaban J connectivity index is 1.65. The summed E-state index contributed by atoms with van der Waals surface area (Å²) in [6.45, 7) is 2.05. The molecule has 0 aliphatic heterocycles. The van der Waals surface area contributed by atoms with Gasteiger partial charge in [-0.25, -0.2) is 18.3 Å². The highest BCUT2D eigenvalue weighted by molar-refractivity contribution is 6.03. The molecule has 2 heterocycles. The molecule has 1 aromatic carbocycles. The van der Waals surface area contributed by atoms with Gasteiger partial charge in [0.25, 0.3) is 12.3 Å². The van der Waals surface area contributed by atoms with Gasteiger partial charge in [-0.2, -0.15) is 5.10 Å². The summed E-state index contributed by atoms with van der Waals surface area (Å²) in [4.78, 5) is 16.8. The second-order valence-electron chi connectivity index (χ2n) is 6.49. The number of aromatic nitrogens is 3. The van der Waals surface area contributed by atoms with E-state index in [0.29, 0.717) is 11.4 Å². The molecule has 1 aliphatic carbocycles. The maximum Gasteiger partial charge on any atom is 0.280 e. The molecule has 4 rings (SSSR count). The standard InChI is InChI=1S/C19H18F2N4O/c1-2-11-3-7-13(8-4-11)22-19(26)15-10-17-23-14(12-5-6-12)9-16(18(20)21)25(17)24-15/h3-4,7-10,12,18H,2,5-6H2,1H3,(H,22,26). The Morgan fingerprint density at radius 2 is 2.00 bits per heavy atom. The summed E-state index contributed by atoms with van der Waals surface area (Å²) >= 11 is 0. The first kappa shape index (κ1) is 16.6. The van der Waals surface area contributed by atoms with Crippen LogP contribution < -0.4 is 5.32 Å². The average molecular weight is 356 g/mol. The minimum Gasteiger partial charge on any atom is -0.321 e. The monoisotopic (exact) mass is 356 g/mol. The van der Waals surface area contributed by atoms with E-state index in [0.717, 1.165) is 29.3 Å². The number of alkyl halides is 2. The van der Waals surface area contributed by atoms with Gasteiger partial charge in [-0.3, -0.25) is 4.79 Å². The van der Waals surface area contributed by atoms with E-state index in [2.05, 4.69) is 15.4 Å². The maximum absolute atomic E-state index is 13.4. The summed E-state index contributed by atoms with van der Waals surface area (Å²) < 4.78 is 27.9. The summed E-state index contributed by atoms with van der Waals surface area (Å²) in [5.74, 6) is -0.213. The largest absolute Gasteiger partial charge is 0.321 e. The van der Waals surface area contributed by atoms with Crippen LogP contribution in [0, 0.1) is 0 Å². The Hall–Kier alpha value is -2.83. The predicted molar refractivity (Wildman–Crippen MR) is 93.7 cm³/mol. The van der Waals surface area contributed by atoms with Crippen molar-refractivity contribution in [1.82, 2.24) is 14.6 Å². The summed E-state index contributed by atoms with van der Waals surface area (Å²) in [6, 6.07) is 10.3. The predicted octanol–water partition coefficient (Wildman–Crippen LogP) is 4.36. The zero-order valence-electron chi connectivity index (χ0n) is 14.2. The van der Waals surface area contributed by atoms with Crippen molar-refractivity contribution in [2.24, 2.45) is 0 Å². The number of benzene rings is 1. The maximum atomic E-state index is 13.4. The van der Waals surface area contributed by atoms with E-state index >= 15 is 0 Å². The second-order valence-corrected chi connectivity index (χ2v) is 6.49. The lowest BCUT2D eigenvalue weighted by atomic mass is 10.1. The Morgan fingerprint density at radius 1 is 1.27 bits per heavy atom. The van der Waals surface area contributed by atoms with E-state index in [-0.39, 0.29) is 23.0 Å². The van der Waals surface area contributed by atoms with Crippen LogP contribution in [0.1, 0.15) is 59.5 Å². The van der Waals surface area contributed by atoms with Gasteiger partial charge in [0.1, 0.15) is 5.69 Å². The van der Waals surface area contributed by atoms with Gasteiger partial charge in [-0.15, -0.1) is 0 Å². The molecule has 2 aromatic heterocycles. The van der Waals surface area contributed by atoms with E-state index in [4.69, 9.17) is 0 Å².